The van der Waals surface area contributed by atoms with Crippen LogP contribution in [-0.2, 0) is 4.79 Å². The maximum Gasteiger partial charge on any atom is 0.262 e. The smallest absolute Gasteiger partial charge is 0.262 e. The SMILES string of the molecule is CCN(CC)C(=O)c1ccc(NC(=O)COc2nnc(-c3ccc(C)cc3)c3ccccc23)cc1. The third-order valence-corrected chi connectivity index (χ3v) is 5.78. The third-order valence-electron chi connectivity index (χ3n) is 5.78. The number of nitrogens with one attached hydrogen (secondary N) is 1. The minimum atomic E-state index is -0.332. The van der Waals surface area contributed by atoms with Gasteiger partial charge in [0.2, 0.25) is 5.88 Å². The van der Waals surface area contributed by atoms with Crippen LogP contribution in [0.4, 0.5) is 5.69 Å². The maximum absolute atomic E-state index is 12.5. The highest BCUT2D eigenvalue weighted by molar-refractivity contribution is 5.98. The van der Waals surface area contributed by atoms with Crippen molar-refractivity contribution in [2.75, 3.05) is 25.0 Å². The lowest BCUT2D eigenvalue weighted by molar-refractivity contribution is -0.118. The summed E-state index contributed by atoms with van der Waals surface area (Å²) in [5.41, 5.74) is 4.06. The van der Waals surface area contributed by atoms with E-state index >= 15 is 0 Å². The Bertz CT molecular complexity index is 1330. The molecule has 178 valence electrons. The first-order chi connectivity index (χ1) is 17.0. The van der Waals surface area contributed by atoms with Crippen molar-refractivity contribution in [2.45, 2.75) is 20.8 Å². The first-order valence-electron chi connectivity index (χ1n) is 11.6. The fourth-order valence-electron chi connectivity index (χ4n) is 3.83. The van der Waals surface area contributed by atoms with E-state index in [2.05, 4.69) is 15.5 Å². The van der Waals surface area contributed by atoms with Crippen molar-refractivity contribution in [2.24, 2.45) is 0 Å². The number of aryl methyl sites for hydroxylation is 1. The first-order valence-corrected chi connectivity index (χ1v) is 11.6. The van der Waals surface area contributed by atoms with Crippen LogP contribution in [0.2, 0.25) is 0 Å². The zero-order chi connectivity index (χ0) is 24.8. The predicted octanol–water partition coefficient (Wildman–Crippen LogP) is 5.10. The Labute approximate surface area is 204 Å². The number of hydrogen-bond donors (Lipinski definition) is 1. The summed E-state index contributed by atoms with van der Waals surface area (Å²) in [6, 6.07) is 22.6. The fourth-order valence-corrected chi connectivity index (χ4v) is 3.83. The fraction of sp³-hybridized carbons (Fsp3) is 0.214. The van der Waals surface area contributed by atoms with E-state index in [-0.39, 0.29) is 18.4 Å². The molecule has 0 aliphatic carbocycles. The van der Waals surface area contributed by atoms with Crippen LogP contribution in [0.15, 0.2) is 72.8 Å². The zero-order valence-electron chi connectivity index (χ0n) is 20.1. The molecule has 1 N–H and O–H groups in total. The van der Waals surface area contributed by atoms with Gasteiger partial charge in [-0.05, 0) is 51.1 Å². The number of benzene rings is 3. The second-order valence-corrected chi connectivity index (χ2v) is 8.16. The van der Waals surface area contributed by atoms with Crippen LogP contribution in [0.1, 0.15) is 29.8 Å². The van der Waals surface area contributed by atoms with Gasteiger partial charge in [0, 0.05) is 40.7 Å². The number of carbonyl (C=O) groups is 2. The molecule has 0 bridgehead atoms. The lowest BCUT2D eigenvalue weighted by Crippen LogP contribution is -2.30. The number of rotatable bonds is 8. The average molecular weight is 469 g/mol. The van der Waals surface area contributed by atoms with Gasteiger partial charge < -0.3 is 15.0 Å². The number of anilines is 1. The van der Waals surface area contributed by atoms with Gasteiger partial charge in [0.05, 0.1) is 0 Å². The Hall–Kier alpha value is -4.26. The molecule has 0 fully saturated rings. The van der Waals surface area contributed by atoms with E-state index in [0.717, 1.165) is 22.0 Å². The van der Waals surface area contributed by atoms with Crippen LogP contribution in [-0.4, -0.2) is 46.6 Å². The van der Waals surface area contributed by atoms with Crippen LogP contribution in [0.5, 0.6) is 5.88 Å². The van der Waals surface area contributed by atoms with E-state index in [0.29, 0.717) is 30.2 Å². The highest BCUT2D eigenvalue weighted by atomic mass is 16.5. The number of aromatic nitrogens is 2. The summed E-state index contributed by atoms with van der Waals surface area (Å²) in [5, 5.41) is 13.1. The van der Waals surface area contributed by atoms with Crippen molar-refractivity contribution >= 4 is 28.3 Å². The number of hydrogen-bond acceptors (Lipinski definition) is 5. The van der Waals surface area contributed by atoms with E-state index in [4.69, 9.17) is 4.74 Å². The van der Waals surface area contributed by atoms with Crippen molar-refractivity contribution in [3.63, 3.8) is 0 Å². The standard InChI is InChI=1S/C28H28N4O3/c1-4-32(5-2)28(34)21-14-16-22(17-15-21)29-25(33)18-35-27-24-9-7-6-8-23(24)26(30-31-27)20-12-10-19(3)11-13-20/h6-17H,4-5,18H2,1-3H3,(H,29,33). The molecule has 4 aromatic rings. The second kappa shape index (κ2) is 10.8. The van der Waals surface area contributed by atoms with Gasteiger partial charge in [0.15, 0.2) is 6.61 Å². The van der Waals surface area contributed by atoms with Crippen LogP contribution in [0.3, 0.4) is 0 Å². The van der Waals surface area contributed by atoms with E-state index in [1.807, 2.05) is 69.3 Å². The Morgan fingerprint density at radius 2 is 1.51 bits per heavy atom. The summed E-state index contributed by atoms with van der Waals surface area (Å²) in [6.07, 6.45) is 0. The maximum atomic E-state index is 12.5. The number of ether oxygens (including phenoxy) is 1. The van der Waals surface area contributed by atoms with E-state index in [9.17, 15) is 9.59 Å². The first kappa shape index (κ1) is 23.9. The number of carbonyl (C=O) groups excluding carboxylic acids is 2. The highest BCUT2D eigenvalue weighted by Crippen LogP contribution is 2.30. The minimum Gasteiger partial charge on any atom is -0.466 e. The number of fused-ring (bicyclic) bond motifs is 1. The lowest BCUT2D eigenvalue weighted by atomic mass is 10.0. The van der Waals surface area contributed by atoms with Gasteiger partial charge in [-0.3, -0.25) is 9.59 Å². The Balaban J connectivity index is 1.44. The normalized spacial score (nSPS) is 10.7. The Morgan fingerprint density at radius 1 is 0.857 bits per heavy atom. The van der Waals surface area contributed by atoms with Crippen molar-refractivity contribution in [1.82, 2.24) is 15.1 Å². The molecular weight excluding hydrogens is 440 g/mol. The molecule has 7 heteroatoms. The molecule has 4 rings (SSSR count). The summed E-state index contributed by atoms with van der Waals surface area (Å²) in [6.45, 7) is 7.00. The molecule has 0 radical (unpaired) electrons. The molecule has 0 saturated heterocycles. The monoisotopic (exact) mass is 468 g/mol. The van der Waals surface area contributed by atoms with Gasteiger partial charge in [-0.1, -0.05) is 48.0 Å². The molecule has 1 aromatic heterocycles. The molecular formula is C28H28N4O3. The van der Waals surface area contributed by atoms with Gasteiger partial charge in [0.25, 0.3) is 11.8 Å². The molecule has 0 atom stereocenters. The second-order valence-electron chi connectivity index (χ2n) is 8.16. The lowest BCUT2D eigenvalue weighted by Gasteiger charge is -2.18. The number of amides is 2. The Morgan fingerprint density at radius 3 is 2.17 bits per heavy atom. The van der Waals surface area contributed by atoms with Crippen LogP contribution in [0, 0.1) is 6.92 Å². The molecule has 0 saturated carbocycles. The van der Waals surface area contributed by atoms with Crippen LogP contribution < -0.4 is 10.1 Å². The molecule has 0 unspecified atom stereocenters. The topological polar surface area (TPSA) is 84.4 Å². The highest BCUT2D eigenvalue weighted by Gasteiger charge is 2.14. The molecule has 1 heterocycles. The third kappa shape index (κ3) is 5.46. The van der Waals surface area contributed by atoms with Gasteiger partial charge in [-0.2, -0.15) is 0 Å². The summed E-state index contributed by atoms with van der Waals surface area (Å²) in [5.74, 6) is -0.0659. The van der Waals surface area contributed by atoms with E-state index < -0.39 is 0 Å². The average Bonchev–Trinajstić information content (AvgIpc) is 2.89. The quantitative estimate of drug-likeness (QED) is 0.389. The van der Waals surface area contributed by atoms with E-state index in [1.165, 1.54) is 5.56 Å². The molecule has 0 aliphatic heterocycles. The summed E-state index contributed by atoms with van der Waals surface area (Å²) < 4.78 is 5.74. The largest absolute Gasteiger partial charge is 0.466 e. The summed E-state index contributed by atoms with van der Waals surface area (Å²) in [7, 11) is 0. The molecule has 3 aromatic carbocycles. The Kier molecular flexibility index (Phi) is 7.35. The van der Waals surface area contributed by atoms with Crippen molar-refractivity contribution < 1.29 is 14.3 Å². The summed E-state index contributed by atoms with van der Waals surface area (Å²) in [4.78, 5) is 26.7. The molecule has 35 heavy (non-hydrogen) atoms. The van der Waals surface area contributed by atoms with Gasteiger partial charge in [0.1, 0.15) is 5.69 Å². The number of nitrogens with zero attached hydrogens (tertiary/aromatic N) is 3. The molecule has 7 nitrogen and oxygen atoms in total. The van der Waals surface area contributed by atoms with Crippen LogP contribution in [0.25, 0.3) is 22.0 Å². The van der Waals surface area contributed by atoms with Crippen LogP contribution >= 0.6 is 0 Å². The van der Waals surface area contributed by atoms with Gasteiger partial charge in [-0.15, -0.1) is 10.2 Å². The van der Waals surface area contributed by atoms with Gasteiger partial charge >= 0.3 is 0 Å². The zero-order valence-corrected chi connectivity index (χ0v) is 20.1. The van der Waals surface area contributed by atoms with Crippen molar-refractivity contribution in [3.8, 4) is 17.1 Å². The minimum absolute atomic E-state index is 0.0317. The molecule has 0 spiro atoms. The van der Waals surface area contributed by atoms with Crippen molar-refractivity contribution in [1.29, 1.82) is 0 Å². The molecule has 2 amide bonds. The predicted molar refractivity (Wildman–Crippen MR) is 138 cm³/mol. The van der Waals surface area contributed by atoms with Crippen molar-refractivity contribution in [3.05, 3.63) is 83.9 Å². The van der Waals surface area contributed by atoms with E-state index in [1.54, 1.807) is 29.2 Å². The summed E-state index contributed by atoms with van der Waals surface area (Å²) >= 11 is 0. The molecule has 0 aliphatic rings. The van der Waals surface area contributed by atoms with Gasteiger partial charge in [-0.25, -0.2) is 0 Å².